The van der Waals surface area contributed by atoms with Crippen LogP contribution in [-0.4, -0.2) is 24.7 Å². The van der Waals surface area contributed by atoms with Crippen molar-refractivity contribution in [2.45, 2.75) is 0 Å². The predicted molar refractivity (Wildman–Crippen MR) is 76.1 cm³/mol. The molecule has 0 atom stereocenters. The Kier molecular flexibility index (Phi) is 3.80. The fraction of sp³-hybridized carbons (Fsp3) is 0. The van der Waals surface area contributed by atoms with E-state index in [0.717, 1.165) is 0 Å². The number of ether oxygens (including phenoxy) is 1. The second kappa shape index (κ2) is 5.74. The number of halogens is 3. The molecule has 3 rings (SSSR count). The molecule has 2 heterocycles. The van der Waals surface area contributed by atoms with Gasteiger partial charge in [-0.1, -0.05) is 0 Å². The highest BCUT2D eigenvalue weighted by atomic mass is 79.9. The first-order valence-electron chi connectivity index (χ1n) is 5.66. The fourth-order valence-corrected chi connectivity index (χ4v) is 2.01. The normalized spacial score (nSPS) is 10.6. The molecule has 0 spiro atoms. The Morgan fingerprint density at radius 1 is 1.24 bits per heavy atom. The topological polar surface area (TPSA) is 65.7 Å². The summed E-state index contributed by atoms with van der Waals surface area (Å²) in [6.07, 6.45) is 3.24. The lowest BCUT2D eigenvalue weighted by molar-refractivity contribution is 0.435. The van der Waals surface area contributed by atoms with Gasteiger partial charge in [-0.15, -0.1) is 0 Å². The molecule has 0 unspecified atom stereocenters. The molecular weight excluding hydrogens is 365 g/mol. The molecule has 106 valence electrons. The highest BCUT2D eigenvalue weighted by Crippen LogP contribution is 2.25. The van der Waals surface area contributed by atoms with Gasteiger partial charge in [-0.25, -0.2) is 9.07 Å². The van der Waals surface area contributed by atoms with E-state index in [0.29, 0.717) is 5.75 Å². The molecule has 0 bridgehead atoms. The molecule has 0 N–H and O–H groups in total. The number of rotatable bonds is 3. The molecule has 0 amide bonds. The van der Waals surface area contributed by atoms with Crippen molar-refractivity contribution >= 4 is 27.5 Å². The second-order valence-corrected chi connectivity index (χ2v) is 5.01. The summed E-state index contributed by atoms with van der Waals surface area (Å²) in [6.45, 7) is 0. The van der Waals surface area contributed by atoms with Crippen LogP contribution in [0.1, 0.15) is 0 Å². The number of hydrogen-bond donors (Lipinski definition) is 0. The summed E-state index contributed by atoms with van der Waals surface area (Å²) in [5.41, 5.74) is 0. The average molecular weight is 371 g/mol. The van der Waals surface area contributed by atoms with Gasteiger partial charge in [0.2, 0.25) is 5.28 Å². The van der Waals surface area contributed by atoms with E-state index in [4.69, 9.17) is 16.3 Å². The summed E-state index contributed by atoms with van der Waals surface area (Å²) in [6, 6.07) is 5.87. The molecule has 0 radical (unpaired) electrons. The third-order valence-electron chi connectivity index (χ3n) is 2.39. The molecule has 0 saturated heterocycles. The maximum Gasteiger partial charge on any atom is 0.328 e. The lowest BCUT2D eigenvalue weighted by Gasteiger charge is -2.06. The van der Waals surface area contributed by atoms with Crippen LogP contribution in [0.25, 0.3) is 5.95 Å². The van der Waals surface area contributed by atoms with E-state index in [1.165, 1.54) is 22.9 Å². The third kappa shape index (κ3) is 3.17. The quantitative estimate of drug-likeness (QED) is 0.707. The molecule has 21 heavy (non-hydrogen) atoms. The van der Waals surface area contributed by atoms with Crippen LogP contribution in [0.15, 0.2) is 41.1 Å². The van der Waals surface area contributed by atoms with Gasteiger partial charge < -0.3 is 4.74 Å². The van der Waals surface area contributed by atoms with Gasteiger partial charge in [0, 0.05) is 12.4 Å². The van der Waals surface area contributed by atoms with Gasteiger partial charge in [0.15, 0.2) is 0 Å². The first-order valence-corrected chi connectivity index (χ1v) is 6.83. The molecule has 3 aromatic rings. The van der Waals surface area contributed by atoms with Gasteiger partial charge >= 0.3 is 6.01 Å². The van der Waals surface area contributed by atoms with Crippen LogP contribution < -0.4 is 4.74 Å². The molecule has 0 aliphatic carbocycles. The second-order valence-electron chi connectivity index (χ2n) is 3.82. The van der Waals surface area contributed by atoms with E-state index in [1.807, 2.05) is 0 Å². The van der Waals surface area contributed by atoms with Gasteiger partial charge in [-0.2, -0.15) is 20.1 Å². The Balaban J connectivity index is 1.93. The van der Waals surface area contributed by atoms with Crippen molar-refractivity contribution < 1.29 is 9.13 Å². The number of nitrogens with zero attached hydrogens (tertiary/aromatic N) is 5. The zero-order valence-electron chi connectivity index (χ0n) is 10.2. The molecule has 0 aliphatic heterocycles. The van der Waals surface area contributed by atoms with Gasteiger partial charge in [-0.05, 0) is 51.8 Å². The maximum atomic E-state index is 13.2. The smallest absolute Gasteiger partial charge is 0.328 e. The maximum absolute atomic E-state index is 13.2. The zero-order chi connectivity index (χ0) is 14.8. The van der Waals surface area contributed by atoms with E-state index >= 15 is 0 Å². The lowest BCUT2D eigenvalue weighted by atomic mass is 10.3. The van der Waals surface area contributed by atoms with Crippen molar-refractivity contribution in [1.82, 2.24) is 24.7 Å². The Hall–Kier alpha value is -2.06. The summed E-state index contributed by atoms with van der Waals surface area (Å²) in [7, 11) is 0. The fourth-order valence-electron chi connectivity index (χ4n) is 1.50. The molecule has 6 nitrogen and oxygen atoms in total. The van der Waals surface area contributed by atoms with Crippen LogP contribution in [0, 0.1) is 5.82 Å². The number of aromatic nitrogens is 5. The molecule has 9 heteroatoms. The van der Waals surface area contributed by atoms with Crippen LogP contribution >= 0.6 is 27.5 Å². The van der Waals surface area contributed by atoms with Gasteiger partial charge in [0.05, 0.1) is 4.47 Å². The molecule has 0 aliphatic rings. The highest BCUT2D eigenvalue weighted by molar-refractivity contribution is 9.10. The Labute approximate surface area is 131 Å². The first kappa shape index (κ1) is 13.9. The monoisotopic (exact) mass is 369 g/mol. The third-order valence-corrected chi connectivity index (χ3v) is 3.16. The van der Waals surface area contributed by atoms with Crippen molar-refractivity contribution in [2.75, 3.05) is 0 Å². The minimum Gasteiger partial charge on any atom is -0.424 e. The molecular formula is C12H6BrClFN5O. The van der Waals surface area contributed by atoms with Gasteiger partial charge in [-0.3, -0.25) is 0 Å². The van der Waals surface area contributed by atoms with Crippen LogP contribution in [0.3, 0.4) is 0 Å². The van der Waals surface area contributed by atoms with Crippen molar-refractivity contribution in [3.05, 3.63) is 52.2 Å². The first-order chi connectivity index (χ1) is 10.1. The van der Waals surface area contributed by atoms with Gasteiger partial charge in [0.1, 0.15) is 11.6 Å². The Morgan fingerprint density at radius 3 is 2.81 bits per heavy atom. The Bertz CT molecular complexity index is 783. The van der Waals surface area contributed by atoms with Crippen molar-refractivity contribution in [1.29, 1.82) is 0 Å². The summed E-state index contributed by atoms with van der Waals surface area (Å²) >= 11 is 8.91. The minimum atomic E-state index is -0.395. The SMILES string of the molecule is Fc1ccc(Oc2nc(Cl)nc(-n3cccn3)n2)cc1Br. The van der Waals surface area contributed by atoms with E-state index in [9.17, 15) is 4.39 Å². The van der Waals surface area contributed by atoms with Crippen molar-refractivity contribution in [2.24, 2.45) is 0 Å². The van der Waals surface area contributed by atoms with Crippen LogP contribution in [0.2, 0.25) is 5.28 Å². The van der Waals surface area contributed by atoms with Crippen molar-refractivity contribution in [3.63, 3.8) is 0 Å². The zero-order valence-corrected chi connectivity index (χ0v) is 12.6. The number of hydrogen-bond acceptors (Lipinski definition) is 5. The standard InChI is InChI=1S/C12H6BrClFN5O/c13-8-6-7(2-3-9(8)15)21-12-18-10(14)17-11(19-12)20-5-1-4-16-20/h1-6H. The van der Waals surface area contributed by atoms with E-state index in [-0.39, 0.29) is 21.7 Å². The average Bonchev–Trinajstić information content (AvgIpc) is 2.96. The van der Waals surface area contributed by atoms with E-state index in [1.54, 1.807) is 18.5 Å². The van der Waals surface area contributed by atoms with E-state index in [2.05, 4.69) is 36.0 Å². The lowest BCUT2D eigenvalue weighted by Crippen LogP contribution is -2.05. The molecule has 0 fully saturated rings. The summed E-state index contributed by atoms with van der Waals surface area (Å²) in [5, 5.41) is 3.96. The summed E-state index contributed by atoms with van der Waals surface area (Å²) < 4.78 is 20.3. The highest BCUT2D eigenvalue weighted by Gasteiger charge is 2.10. The van der Waals surface area contributed by atoms with Crippen LogP contribution in [-0.2, 0) is 0 Å². The summed E-state index contributed by atoms with van der Waals surface area (Å²) in [5.74, 6) is 0.182. The largest absolute Gasteiger partial charge is 0.424 e. The van der Waals surface area contributed by atoms with Crippen LogP contribution in [0.4, 0.5) is 4.39 Å². The predicted octanol–water partition coefficient (Wildman–Crippen LogP) is 3.40. The molecule has 1 aromatic carbocycles. The summed E-state index contributed by atoms with van der Waals surface area (Å²) in [4.78, 5) is 11.9. The van der Waals surface area contributed by atoms with Crippen molar-refractivity contribution in [3.8, 4) is 17.7 Å². The number of benzene rings is 1. The van der Waals surface area contributed by atoms with Gasteiger partial charge in [0.25, 0.3) is 5.95 Å². The molecule has 0 saturated carbocycles. The molecule has 2 aromatic heterocycles. The van der Waals surface area contributed by atoms with Crippen LogP contribution in [0.5, 0.6) is 11.8 Å². The Morgan fingerprint density at radius 2 is 2.10 bits per heavy atom. The minimum absolute atomic E-state index is 0.0148. The van der Waals surface area contributed by atoms with E-state index < -0.39 is 5.82 Å².